The fourth-order valence-electron chi connectivity index (χ4n) is 1.63. The highest BCUT2D eigenvalue weighted by Gasteiger charge is 1.98. The third-order valence-electron chi connectivity index (χ3n) is 2.73. The molecule has 4 nitrogen and oxygen atoms in total. The molecular formula is C16H15IN4S. The molecule has 1 heterocycles. The standard InChI is InChI=1S/C16H15IN4S/c17-21-15(16-4-2-12-22-16)3-1-10-19-20-11-9-13-5-7-14(18)8-6-13/h1-8,10-12H,9,18H2/b3-1-,19-10+,20-11+,21-15+. The van der Waals surface area contributed by atoms with Crippen LogP contribution in [0.15, 0.2) is 67.3 Å². The average Bonchev–Trinajstić information content (AvgIpc) is 3.06. The topological polar surface area (TPSA) is 63.1 Å². The van der Waals surface area contributed by atoms with E-state index in [1.165, 1.54) is 0 Å². The Balaban J connectivity index is 1.81. The van der Waals surface area contributed by atoms with Gasteiger partial charge in [-0.3, -0.25) is 0 Å². The smallest absolute Gasteiger partial charge is 0.0869 e. The number of allylic oxidation sites excluding steroid dienone is 2. The van der Waals surface area contributed by atoms with Gasteiger partial charge in [0, 0.05) is 24.5 Å². The van der Waals surface area contributed by atoms with Crippen LogP contribution in [0.1, 0.15) is 10.4 Å². The predicted molar refractivity (Wildman–Crippen MR) is 106 cm³/mol. The number of nitrogens with two attached hydrogens (primary N) is 1. The van der Waals surface area contributed by atoms with Crippen LogP contribution in [-0.2, 0) is 6.42 Å². The van der Waals surface area contributed by atoms with Crippen LogP contribution in [0.5, 0.6) is 0 Å². The van der Waals surface area contributed by atoms with Crippen LogP contribution < -0.4 is 5.73 Å². The van der Waals surface area contributed by atoms with Crippen LogP contribution in [0.25, 0.3) is 0 Å². The quantitative estimate of drug-likeness (QED) is 0.320. The first-order chi connectivity index (χ1) is 10.8. The van der Waals surface area contributed by atoms with E-state index in [-0.39, 0.29) is 0 Å². The predicted octanol–water partition coefficient (Wildman–Crippen LogP) is 4.32. The van der Waals surface area contributed by atoms with Crippen molar-refractivity contribution in [3.8, 4) is 0 Å². The van der Waals surface area contributed by atoms with Crippen molar-refractivity contribution in [1.82, 2.24) is 0 Å². The fraction of sp³-hybridized carbons (Fsp3) is 0.0625. The molecule has 0 bridgehead atoms. The lowest BCUT2D eigenvalue weighted by Gasteiger charge is -1.95. The zero-order valence-corrected chi connectivity index (χ0v) is 14.7. The van der Waals surface area contributed by atoms with E-state index in [0.717, 1.165) is 28.3 Å². The molecule has 0 aliphatic carbocycles. The number of hydrogen-bond donors (Lipinski definition) is 1. The average molecular weight is 422 g/mol. The van der Waals surface area contributed by atoms with Crippen LogP contribution in [0, 0.1) is 0 Å². The molecule has 0 aliphatic heterocycles. The minimum atomic E-state index is 0.733. The molecular weight excluding hydrogens is 407 g/mol. The van der Waals surface area contributed by atoms with Gasteiger partial charge in [-0.2, -0.15) is 10.2 Å². The molecule has 2 rings (SSSR count). The molecule has 6 heteroatoms. The summed E-state index contributed by atoms with van der Waals surface area (Å²) in [6.45, 7) is 0. The Morgan fingerprint density at radius 3 is 2.68 bits per heavy atom. The number of benzene rings is 1. The van der Waals surface area contributed by atoms with E-state index in [1.54, 1.807) is 23.8 Å². The summed E-state index contributed by atoms with van der Waals surface area (Å²) >= 11 is 3.65. The zero-order chi connectivity index (χ0) is 15.6. The van der Waals surface area contributed by atoms with Crippen molar-refractivity contribution >= 4 is 58.0 Å². The third-order valence-corrected chi connectivity index (χ3v) is 4.14. The monoisotopic (exact) mass is 422 g/mol. The molecule has 0 unspecified atom stereocenters. The summed E-state index contributed by atoms with van der Waals surface area (Å²) in [5.74, 6) is 0. The molecule has 2 N–H and O–H groups in total. The second-order valence-electron chi connectivity index (χ2n) is 4.31. The van der Waals surface area contributed by atoms with Gasteiger partial charge in [0.25, 0.3) is 0 Å². The molecule has 0 saturated heterocycles. The maximum atomic E-state index is 5.63. The molecule has 0 atom stereocenters. The lowest BCUT2D eigenvalue weighted by atomic mass is 10.1. The maximum absolute atomic E-state index is 5.63. The Bertz CT molecular complexity index is 685. The number of thiophene rings is 1. The molecule has 1 aromatic carbocycles. The number of nitrogens with zero attached hydrogens (tertiary/aromatic N) is 3. The molecule has 1 aromatic heterocycles. The van der Waals surface area contributed by atoms with Gasteiger partial charge in [0.1, 0.15) is 0 Å². The second-order valence-corrected chi connectivity index (χ2v) is 5.74. The first kappa shape index (κ1) is 16.6. The van der Waals surface area contributed by atoms with Gasteiger partial charge < -0.3 is 5.73 Å². The van der Waals surface area contributed by atoms with Gasteiger partial charge in [-0.25, -0.2) is 3.21 Å². The van der Waals surface area contributed by atoms with Crippen molar-refractivity contribution in [3.63, 3.8) is 0 Å². The number of nitrogen functional groups attached to an aromatic ring is 1. The summed E-state index contributed by atoms with van der Waals surface area (Å²) in [7, 11) is 0. The highest BCUT2D eigenvalue weighted by Crippen LogP contribution is 2.12. The van der Waals surface area contributed by atoms with Crippen LogP contribution in [0.4, 0.5) is 5.69 Å². The Labute approximate surface area is 147 Å². The van der Waals surface area contributed by atoms with E-state index in [9.17, 15) is 0 Å². The summed E-state index contributed by atoms with van der Waals surface area (Å²) in [5, 5.41) is 10.00. The largest absolute Gasteiger partial charge is 0.399 e. The molecule has 22 heavy (non-hydrogen) atoms. The van der Waals surface area contributed by atoms with Crippen LogP contribution in [0.2, 0.25) is 0 Å². The Morgan fingerprint density at radius 1 is 1.18 bits per heavy atom. The van der Waals surface area contributed by atoms with Gasteiger partial charge in [-0.05, 0) is 41.3 Å². The number of halogens is 1. The van der Waals surface area contributed by atoms with Gasteiger partial charge in [0.05, 0.1) is 33.5 Å². The molecule has 0 fully saturated rings. The van der Waals surface area contributed by atoms with E-state index in [0.29, 0.717) is 0 Å². The fourth-order valence-corrected chi connectivity index (χ4v) is 2.91. The van der Waals surface area contributed by atoms with E-state index >= 15 is 0 Å². The van der Waals surface area contributed by atoms with Crippen molar-refractivity contribution in [2.45, 2.75) is 6.42 Å². The molecule has 0 saturated carbocycles. The van der Waals surface area contributed by atoms with Gasteiger partial charge in [0.15, 0.2) is 0 Å². The third kappa shape index (κ3) is 5.53. The molecule has 0 spiro atoms. The van der Waals surface area contributed by atoms with Crippen molar-refractivity contribution in [3.05, 3.63) is 64.4 Å². The Hall–Kier alpha value is -1.80. The van der Waals surface area contributed by atoms with E-state index in [1.807, 2.05) is 76.8 Å². The molecule has 2 aromatic rings. The summed E-state index contributed by atoms with van der Waals surface area (Å²) in [4.78, 5) is 1.13. The molecule has 112 valence electrons. The van der Waals surface area contributed by atoms with Crippen LogP contribution >= 0.6 is 34.2 Å². The normalized spacial score (nSPS) is 12.9. The summed E-state index contributed by atoms with van der Waals surface area (Å²) < 4.78 is 4.21. The summed E-state index contributed by atoms with van der Waals surface area (Å²) in [6, 6.07) is 11.8. The van der Waals surface area contributed by atoms with Crippen molar-refractivity contribution < 1.29 is 0 Å². The number of rotatable bonds is 6. The van der Waals surface area contributed by atoms with Gasteiger partial charge in [-0.1, -0.05) is 18.2 Å². The molecule has 0 amide bonds. The van der Waals surface area contributed by atoms with E-state index in [4.69, 9.17) is 5.73 Å². The minimum absolute atomic E-state index is 0.733. The number of anilines is 1. The minimum Gasteiger partial charge on any atom is -0.399 e. The van der Waals surface area contributed by atoms with Gasteiger partial charge >= 0.3 is 0 Å². The zero-order valence-electron chi connectivity index (χ0n) is 11.8. The van der Waals surface area contributed by atoms with Crippen molar-refractivity contribution in [2.75, 3.05) is 5.73 Å². The maximum Gasteiger partial charge on any atom is 0.0869 e. The first-order valence-electron chi connectivity index (χ1n) is 6.58. The molecule has 0 radical (unpaired) electrons. The van der Waals surface area contributed by atoms with E-state index in [2.05, 4.69) is 13.4 Å². The lowest BCUT2D eigenvalue weighted by molar-refractivity contribution is 1.23. The summed E-state index contributed by atoms with van der Waals surface area (Å²) in [6.07, 6.45) is 7.89. The van der Waals surface area contributed by atoms with Crippen LogP contribution in [-0.4, -0.2) is 18.1 Å². The Kier molecular flexibility index (Phi) is 6.98. The highest BCUT2D eigenvalue weighted by atomic mass is 127. The highest BCUT2D eigenvalue weighted by molar-refractivity contribution is 14.1. The van der Waals surface area contributed by atoms with Gasteiger partial charge in [-0.15, -0.1) is 11.3 Å². The number of hydrogen-bond acceptors (Lipinski definition) is 5. The lowest BCUT2D eigenvalue weighted by Crippen LogP contribution is -1.90. The van der Waals surface area contributed by atoms with Gasteiger partial charge in [0.2, 0.25) is 0 Å². The van der Waals surface area contributed by atoms with Crippen molar-refractivity contribution in [2.24, 2.45) is 13.4 Å². The summed E-state index contributed by atoms with van der Waals surface area (Å²) in [5.41, 5.74) is 8.48. The molecule has 0 aliphatic rings. The second kappa shape index (κ2) is 9.26. The first-order valence-corrected chi connectivity index (χ1v) is 8.43. The Morgan fingerprint density at radius 2 is 2.00 bits per heavy atom. The SMILES string of the molecule is Nc1ccc(C/C=N/N=C/C=C\C(=N/I)c2cccs2)cc1. The van der Waals surface area contributed by atoms with Crippen LogP contribution in [0.3, 0.4) is 0 Å². The van der Waals surface area contributed by atoms with Crippen molar-refractivity contribution in [1.29, 1.82) is 0 Å². The van der Waals surface area contributed by atoms with E-state index < -0.39 is 0 Å².